The number of aromatic nitrogens is 2. The average molecular weight is 451 g/mol. The highest BCUT2D eigenvalue weighted by atomic mass is 16.5. The van der Waals surface area contributed by atoms with Crippen LogP contribution in [0.1, 0.15) is 36.1 Å². The SMILES string of the molecule is CCc1cn(C2CC(OCc3ccccc3)C([C@H](O)Cc3ccccc3)C2O)c(=O)[nH]c1=O. The molecule has 2 aromatic carbocycles. The Kier molecular flexibility index (Phi) is 7.23. The van der Waals surface area contributed by atoms with Gasteiger partial charge in [-0.05, 0) is 30.4 Å². The maximum Gasteiger partial charge on any atom is 0.328 e. The van der Waals surface area contributed by atoms with Gasteiger partial charge in [-0.15, -0.1) is 0 Å². The number of hydrogen-bond acceptors (Lipinski definition) is 5. The molecule has 3 N–H and O–H groups in total. The van der Waals surface area contributed by atoms with Gasteiger partial charge in [0.25, 0.3) is 5.56 Å². The molecule has 1 saturated carbocycles. The van der Waals surface area contributed by atoms with E-state index in [1.54, 1.807) is 0 Å². The molecule has 1 aliphatic rings. The predicted molar refractivity (Wildman–Crippen MR) is 125 cm³/mol. The van der Waals surface area contributed by atoms with Gasteiger partial charge in [-0.2, -0.15) is 0 Å². The van der Waals surface area contributed by atoms with Gasteiger partial charge in [0.05, 0.1) is 31.0 Å². The first-order chi connectivity index (χ1) is 16.0. The molecule has 1 aliphatic carbocycles. The third-order valence-corrected chi connectivity index (χ3v) is 6.51. The van der Waals surface area contributed by atoms with Crippen molar-refractivity contribution >= 4 is 0 Å². The molecular weight excluding hydrogens is 420 g/mol. The van der Waals surface area contributed by atoms with E-state index < -0.39 is 41.5 Å². The van der Waals surface area contributed by atoms with E-state index in [2.05, 4.69) is 4.98 Å². The van der Waals surface area contributed by atoms with Crippen LogP contribution in [0.4, 0.5) is 0 Å². The summed E-state index contributed by atoms with van der Waals surface area (Å²) in [5.74, 6) is -0.595. The molecule has 4 rings (SSSR count). The Morgan fingerprint density at radius 1 is 1.06 bits per heavy atom. The summed E-state index contributed by atoms with van der Waals surface area (Å²) in [7, 11) is 0. The van der Waals surface area contributed by atoms with Gasteiger partial charge in [0, 0.05) is 17.7 Å². The zero-order valence-electron chi connectivity index (χ0n) is 18.6. The van der Waals surface area contributed by atoms with Crippen molar-refractivity contribution in [2.45, 2.75) is 57.1 Å². The number of aryl methyl sites for hydroxylation is 1. The van der Waals surface area contributed by atoms with E-state index >= 15 is 0 Å². The van der Waals surface area contributed by atoms with Gasteiger partial charge in [0.15, 0.2) is 0 Å². The van der Waals surface area contributed by atoms with Gasteiger partial charge in [0.2, 0.25) is 0 Å². The van der Waals surface area contributed by atoms with Gasteiger partial charge in [-0.1, -0.05) is 67.6 Å². The van der Waals surface area contributed by atoms with Crippen molar-refractivity contribution in [3.05, 3.63) is 104 Å². The van der Waals surface area contributed by atoms with E-state index in [9.17, 15) is 19.8 Å². The van der Waals surface area contributed by atoms with Crippen molar-refractivity contribution in [1.82, 2.24) is 9.55 Å². The Labute approximate surface area is 192 Å². The molecule has 3 aromatic rings. The van der Waals surface area contributed by atoms with Crippen molar-refractivity contribution in [3.63, 3.8) is 0 Å². The lowest BCUT2D eigenvalue weighted by Gasteiger charge is -2.28. The largest absolute Gasteiger partial charge is 0.392 e. The van der Waals surface area contributed by atoms with Gasteiger partial charge in [0.1, 0.15) is 0 Å². The van der Waals surface area contributed by atoms with Crippen molar-refractivity contribution < 1.29 is 14.9 Å². The van der Waals surface area contributed by atoms with Crippen molar-refractivity contribution in [3.8, 4) is 0 Å². The van der Waals surface area contributed by atoms with E-state index in [-0.39, 0.29) is 0 Å². The van der Waals surface area contributed by atoms with Crippen molar-refractivity contribution in [2.75, 3.05) is 0 Å². The lowest BCUT2D eigenvalue weighted by Crippen LogP contribution is -2.41. The summed E-state index contributed by atoms with van der Waals surface area (Å²) >= 11 is 0. The molecule has 7 nitrogen and oxygen atoms in total. The second-order valence-electron chi connectivity index (χ2n) is 8.64. The Morgan fingerprint density at radius 3 is 2.33 bits per heavy atom. The highest BCUT2D eigenvalue weighted by Crippen LogP contribution is 2.39. The molecule has 0 bridgehead atoms. The molecule has 0 radical (unpaired) electrons. The van der Waals surface area contributed by atoms with Crippen LogP contribution in [0.15, 0.2) is 76.4 Å². The van der Waals surface area contributed by atoms with Gasteiger partial charge in [-0.25, -0.2) is 4.79 Å². The highest BCUT2D eigenvalue weighted by Gasteiger charge is 2.47. The molecule has 7 heteroatoms. The summed E-state index contributed by atoms with van der Waals surface area (Å²) in [6.07, 6.45) is 0.352. The number of hydrogen-bond donors (Lipinski definition) is 3. The standard InChI is InChI=1S/C26H30N2O5/c1-2-19-15-28(26(32)27-25(19)31)20-14-22(33-16-18-11-7-4-8-12-18)23(24(20)30)21(29)13-17-9-5-3-6-10-17/h3-12,15,20-24,29-30H,2,13-14,16H2,1H3,(H,27,31,32)/t20?,21-,22?,23?,24?/m1/s1. The fourth-order valence-electron chi connectivity index (χ4n) is 4.74. The van der Waals surface area contributed by atoms with Crippen LogP contribution in [0.2, 0.25) is 0 Å². The monoisotopic (exact) mass is 450 g/mol. The number of aliphatic hydroxyl groups excluding tert-OH is 2. The number of aromatic amines is 1. The van der Waals surface area contributed by atoms with Crippen molar-refractivity contribution in [2.24, 2.45) is 5.92 Å². The fourth-order valence-corrected chi connectivity index (χ4v) is 4.74. The molecule has 1 aromatic heterocycles. The second kappa shape index (κ2) is 10.3. The van der Waals surface area contributed by atoms with Gasteiger partial charge in [-0.3, -0.25) is 14.3 Å². The molecule has 0 amide bonds. The second-order valence-corrected chi connectivity index (χ2v) is 8.64. The van der Waals surface area contributed by atoms with Crippen LogP contribution in [-0.4, -0.2) is 38.1 Å². The molecule has 1 fully saturated rings. The Bertz CT molecular complexity index is 1160. The molecule has 5 atom stereocenters. The van der Waals surface area contributed by atoms with Crippen LogP contribution in [0, 0.1) is 5.92 Å². The number of ether oxygens (including phenoxy) is 1. The zero-order valence-corrected chi connectivity index (χ0v) is 18.6. The number of nitrogens with one attached hydrogen (secondary N) is 1. The quantitative estimate of drug-likeness (QED) is 0.488. The third kappa shape index (κ3) is 5.16. The summed E-state index contributed by atoms with van der Waals surface area (Å²) in [5.41, 5.74) is 1.43. The summed E-state index contributed by atoms with van der Waals surface area (Å²) in [6, 6.07) is 18.7. The predicted octanol–water partition coefficient (Wildman–Crippen LogP) is 2.21. The maximum absolute atomic E-state index is 12.6. The van der Waals surface area contributed by atoms with Crippen LogP contribution in [-0.2, 0) is 24.2 Å². The van der Waals surface area contributed by atoms with Crippen LogP contribution in [0.5, 0.6) is 0 Å². The van der Waals surface area contributed by atoms with E-state index in [1.807, 2.05) is 67.6 Å². The molecule has 1 heterocycles. The molecule has 174 valence electrons. The topological polar surface area (TPSA) is 105 Å². The third-order valence-electron chi connectivity index (χ3n) is 6.51. The van der Waals surface area contributed by atoms with E-state index in [1.165, 1.54) is 10.8 Å². The zero-order chi connectivity index (χ0) is 23.4. The van der Waals surface area contributed by atoms with Crippen LogP contribution < -0.4 is 11.2 Å². The minimum Gasteiger partial charge on any atom is -0.392 e. The Balaban J connectivity index is 1.62. The summed E-state index contributed by atoms with van der Waals surface area (Å²) < 4.78 is 7.58. The Hall–Kier alpha value is -3.00. The normalized spacial score (nSPS) is 23.5. The minimum atomic E-state index is -1.02. The smallest absolute Gasteiger partial charge is 0.328 e. The van der Waals surface area contributed by atoms with Gasteiger partial charge >= 0.3 is 5.69 Å². The number of benzene rings is 2. The number of nitrogens with zero attached hydrogens (tertiary/aromatic N) is 1. The summed E-state index contributed by atoms with van der Waals surface area (Å²) in [5, 5.41) is 22.4. The molecule has 4 unspecified atom stereocenters. The van der Waals surface area contributed by atoms with E-state index in [4.69, 9.17) is 4.74 Å². The molecule has 0 spiro atoms. The Morgan fingerprint density at radius 2 is 1.70 bits per heavy atom. The first-order valence-corrected chi connectivity index (χ1v) is 11.4. The summed E-state index contributed by atoms with van der Waals surface area (Å²) in [6.45, 7) is 2.17. The number of H-pyrrole nitrogens is 1. The van der Waals surface area contributed by atoms with Crippen molar-refractivity contribution in [1.29, 1.82) is 0 Å². The lowest BCUT2D eigenvalue weighted by atomic mass is 9.91. The molecule has 0 aliphatic heterocycles. The van der Waals surface area contributed by atoms with E-state index in [0.29, 0.717) is 31.4 Å². The molecule has 33 heavy (non-hydrogen) atoms. The maximum atomic E-state index is 12.6. The van der Waals surface area contributed by atoms with E-state index in [0.717, 1.165) is 11.1 Å². The lowest BCUT2D eigenvalue weighted by molar-refractivity contribution is -0.0604. The molecule has 0 saturated heterocycles. The first kappa shape index (κ1) is 23.2. The fraction of sp³-hybridized carbons (Fsp3) is 0.385. The van der Waals surface area contributed by atoms with Crippen LogP contribution >= 0.6 is 0 Å². The number of rotatable bonds is 8. The number of aliphatic hydroxyl groups is 2. The minimum absolute atomic E-state index is 0.334. The average Bonchev–Trinajstić information content (AvgIpc) is 3.15. The van der Waals surface area contributed by atoms with Gasteiger partial charge < -0.3 is 14.9 Å². The first-order valence-electron chi connectivity index (χ1n) is 11.4. The van der Waals surface area contributed by atoms with Crippen LogP contribution in [0.25, 0.3) is 0 Å². The highest BCUT2D eigenvalue weighted by molar-refractivity contribution is 5.17. The summed E-state index contributed by atoms with van der Waals surface area (Å²) in [4.78, 5) is 27.0. The van der Waals surface area contributed by atoms with Crippen LogP contribution in [0.3, 0.4) is 0 Å². The molecular formula is C26H30N2O5.